The number of amides is 1. The number of aromatic amines is 1. The molecule has 2 rings (SSSR count). The van der Waals surface area contributed by atoms with Gasteiger partial charge in [0, 0.05) is 12.3 Å². The van der Waals surface area contributed by atoms with Crippen molar-refractivity contribution in [2.24, 2.45) is 0 Å². The first-order valence-electron chi connectivity index (χ1n) is 4.75. The van der Waals surface area contributed by atoms with Gasteiger partial charge in [-0.2, -0.15) is 9.49 Å². The minimum atomic E-state index is -1.36. The summed E-state index contributed by atoms with van der Waals surface area (Å²) < 4.78 is 26.0. The average Bonchev–Trinajstić information content (AvgIpc) is 2.35. The molecule has 8 heteroatoms. The molecule has 0 atom stereocenters. The van der Waals surface area contributed by atoms with E-state index in [0.29, 0.717) is 0 Å². The molecule has 2 N–H and O–H groups in total. The number of nitrogens with one attached hydrogen (secondary N) is 2. The Morgan fingerprint density at radius 1 is 1.28 bits per heavy atom. The normalized spacial score (nSPS) is 10.1. The number of carbonyl (C=O) groups excluding carboxylic acids is 1. The van der Waals surface area contributed by atoms with E-state index in [1.165, 1.54) is 6.07 Å². The van der Waals surface area contributed by atoms with Crippen LogP contribution >= 0.6 is 0 Å². The summed E-state index contributed by atoms with van der Waals surface area (Å²) in [6.07, 6.45) is 0.966. The average molecular weight is 252 g/mol. The predicted octanol–water partition coefficient (Wildman–Crippen LogP) is 0.695. The molecule has 1 amide bonds. The summed E-state index contributed by atoms with van der Waals surface area (Å²) in [5.74, 6) is -3.60. The lowest BCUT2D eigenvalue weighted by Gasteiger charge is -2.04. The molecule has 92 valence electrons. The van der Waals surface area contributed by atoms with Crippen LogP contribution in [0.4, 0.5) is 14.6 Å². The van der Waals surface area contributed by atoms with Crippen LogP contribution in [0.5, 0.6) is 0 Å². The van der Waals surface area contributed by atoms with Gasteiger partial charge in [-0.3, -0.25) is 9.59 Å². The number of hydrogen-bond acceptors (Lipinski definition) is 4. The first-order valence-corrected chi connectivity index (χ1v) is 4.75. The third-order valence-electron chi connectivity index (χ3n) is 2.01. The zero-order valence-electron chi connectivity index (χ0n) is 8.78. The van der Waals surface area contributed by atoms with Crippen LogP contribution in [0.2, 0.25) is 0 Å². The van der Waals surface area contributed by atoms with E-state index in [1.807, 2.05) is 0 Å². The summed E-state index contributed by atoms with van der Waals surface area (Å²) in [6.45, 7) is 0. The van der Waals surface area contributed by atoms with Crippen LogP contribution in [-0.2, 0) is 0 Å². The SMILES string of the molecule is O=C(Nc1ccc(=O)[nH]n1)c1ccnc(F)c1F. The van der Waals surface area contributed by atoms with E-state index in [2.05, 4.69) is 20.5 Å². The molecule has 0 saturated heterocycles. The lowest BCUT2D eigenvalue weighted by molar-refractivity contribution is 0.102. The Bertz CT molecular complexity index is 636. The molecule has 0 aromatic carbocycles. The lowest BCUT2D eigenvalue weighted by Crippen LogP contribution is -2.17. The summed E-state index contributed by atoms with van der Waals surface area (Å²) in [5.41, 5.74) is -0.954. The van der Waals surface area contributed by atoms with Crippen molar-refractivity contribution in [3.63, 3.8) is 0 Å². The van der Waals surface area contributed by atoms with E-state index in [4.69, 9.17) is 0 Å². The van der Waals surface area contributed by atoms with Gasteiger partial charge in [-0.05, 0) is 12.1 Å². The highest BCUT2D eigenvalue weighted by Crippen LogP contribution is 2.10. The smallest absolute Gasteiger partial charge is 0.264 e. The monoisotopic (exact) mass is 252 g/mol. The first kappa shape index (κ1) is 11.8. The number of hydrogen-bond donors (Lipinski definition) is 2. The van der Waals surface area contributed by atoms with Crippen LogP contribution in [0, 0.1) is 11.8 Å². The summed E-state index contributed by atoms with van der Waals surface area (Å²) in [6, 6.07) is 3.39. The molecule has 0 aliphatic carbocycles. The summed E-state index contributed by atoms with van der Waals surface area (Å²) >= 11 is 0. The number of carbonyl (C=O) groups is 1. The molecular weight excluding hydrogens is 246 g/mol. The number of aromatic nitrogens is 3. The third-order valence-corrected chi connectivity index (χ3v) is 2.01. The van der Waals surface area contributed by atoms with E-state index >= 15 is 0 Å². The molecule has 0 bridgehead atoms. The maximum Gasteiger partial charge on any atom is 0.264 e. The summed E-state index contributed by atoms with van der Waals surface area (Å²) in [7, 11) is 0. The standard InChI is InChI=1S/C10H6F2N4O2/c11-8-5(3-4-13-9(8)12)10(18)14-6-1-2-7(17)16-15-6/h1-4H,(H,16,17)(H,14,15,18). The number of H-pyrrole nitrogens is 1. The molecule has 0 fully saturated rings. The van der Waals surface area contributed by atoms with E-state index in [9.17, 15) is 18.4 Å². The van der Waals surface area contributed by atoms with Gasteiger partial charge in [0.1, 0.15) is 0 Å². The number of halogens is 2. The van der Waals surface area contributed by atoms with Crippen LogP contribution in [0.25, 0.3) is 0 Å². The van der Waals surface area contributed by atoms with Gasteiger partial charge in [0.2, 0.25) is 5.95 Å². The minimum Gasteiger partial charge on any atom is -0.305 e. The number of pyridine rings is 1. The fourth-order valence-electron chi connectivity index (χ4n) is 1.19. The number of rotatable bonds is 2. The molecule has 2 aromatic heterocycles. The van der Waals surface area contributed by atoms with E-state index in [0.717, 1.165) is 18.3 Å². The van der Waals surface area contributed by atoms with Crippen LogP contribution in [-0.4, -0.2) is 21.1 Å². The fraction of sp³-hybridized carbons (Fsp3) is 0. The molecule has 0 aliphatic heterocycles. The van der Waals surface area contributed by atoms with E-state index in [1.54, 1.807) is 0 Å². The molecule has 0 radical (unpaired) electrons. The van der Waals surface area contributed by atoms with Gasteiger partial charge in [0.05, 0.1) is 5.56 Å². The molecule has 2 heterocycles. The molecule has 0 saturated carbocycles. The first-order chi connectivity index (χ1) is 8.58. The molecule has 0 spiro atoms. The second-order valence-electron chi connectivity index (χ2n) is 3.22. The molecule has 18 heavy (non-hydrogen) atoms. The number of anilines is 1. The van der Waals surface area contributed by atoms with Gasteiger partial charge >= 0.3 is 0 Å². The van der Waals surface area contributed by atoms with E-state index < -0.39 is 28.8 Å². The fourth-order valence-corrected chi connectivity index (χ4v) is 1.19. The van der Waals surface area contributed by atoms with Crippen LogP contribution in [0.15, 0.2) is 29.2 Å². The maximum atomic E-state index is 13.2. The lowest BCUT2D eigenvalue weighted by atomic mass is 10.2. The largest absolute Gasteiger partial charge is 0.305 e. The quantitative estimate of drug-likeness (QED) is 0.770. The molecule has 0 unspecified atom stereocenters. The number of nitrogens with zero attached hydrogens (tertiary/aromatic N) is 2. The Balaban J connectivity index is 2.24. The topological polar surface area (TPSA) is 87.7 Å². The van der Waals surface area contributed by atoms with Crippen molar-refractivity contribution in [1.82, 2.24) is 15.2 Å². The van der Waals surface area contributed by atoms with Gasteiger partial charge < -0.3 is 5.32 Å². The molecular formula is C10H6F2N4O2. The highest BCUT2D eigenvalue weighted by atomic mass is 19.2. The van der Waals surface area contributed by atoms with Gasteiger partial charge in [0.15, 0.2) is 11.6 Å². The second kappa shape index (κ2) is 4.70. The van der Waals surface area contributed by atoms with Crippen molar-refractivity contribution in [1.29, 1.82) is 0 Å². The zero-order valence-corrected chi connectivity index (χ0v) is 8.78. The minimum absolute atomic E-state index is 0.0104. The van der Waals surface area contributed by atoms with Crippen molar-refractivity contribution in [3.05, 3.63) is 52.1 Å². The van der Waals surface area contributed by atoms with Crippen molar-refractivity contribution in [2.45, 2.75) is 0 Å². The van der Waals surface area contributed by atoms with Gasteiger partial charge in [0.25, 0.3) is 11.5 Å². The van der Waals surface area contributed by atoms with Crippen LogP contribution in [0.3, 0.4) is 0 Å². The second-order valence-corrected chi connectivity index (χ2v) is 3.22. The third kappa shape index (κ3) is 2.37. The Labute approximate surface area is 98.7 Å². The Hall–Kier alpha value is -2.64. The van der Waals surface area contributed by atoms with Gasteiger partial charge in [-0.1, -0.05) is 0 Å². The van der Waals surface area contributed by atoms with Crippen LogP contribution < -0.4 is 10.9 Å². The van der Waals surface area contributed by atoms with E-state index in [-0.39, 0.29) is 5.82 Å². The predicted molar refractivity (Wildman–Crippen MR) is 57.0 cm³/mol. The van der Waals surface area contributed by atoms with Gasteiger partial charge in [-0.25, -0.2) is 14.5 Å². The van der Waals surface area contributed by atoms with Crippen molar-refractivity contribution in [2.75, 3.05) is 5.32 Å². The zero-order chi connectivity index (χ0) is 13.1. The van der Waals surface area contributed by atoms with Crippen LogP contribution in [0.1, 0.15) is 10.4 Å². The highest BCUT2D eigenvalue weighted by molar-refractivity contribution is 6.03. The van der Waals surface area contributed by atoms with Gasteiger partial charge in [-0.15, -0.1) is 0 Å². The van der Waals surface area contributed by atoms with Crippen molar-refractivity contribution < 1.29 is 13.6 Å². The summed E-state index contributed by atoms with van der Waals surface area (Å²) in [5, 5.41) is 7.78. The maximum absolute atomic E-state index is 13.2. The molecule has 6 nitrogen and oxygen atoms in total. The Morgan fingerprint density at radius 2 is 2.06 bits per heavy atom. The summed E-state index contributed by atoms with van der Waals surface area (Å²) in [4.78, 5) is 25.4. The highest BCUT2D eigenvalue weighted by Gasteiger charge is 2.16. The molecule has 0 aliphatic rings. The Morgan fingerprint density at radius 3 is 2.72 bits per heavy atom. The van der Waals surface area contributed by atoms with Crippen molar-refractivity contribution in [3.8, 4) is 0 Å². The molecule has 2 aromatic rings. The van der Waals surface area contributed by atoms with Crippen molar-refractivity contribution >= 4 is 11.7 Å². The Kier molecular flexibility index (Phi) is 3.09.